The van der Waals surface area contributed by atoms with Gasteiger partial charge in [0.25, 0.3) is 5.91 Å². The molecule has 2 heterocycles. The van der Waals surface area contributed by atoms with Gasteiger partial charge in [0, 0.05) is 18.2 Å². The molecule has 3 rings (SSSR count). The maximum absolute atomic E-state index is 13.8. The number of nitriles is 1. The Morgan fingerprint density at radius 3 is 2.54 bits per heavy atom. The summed E-state index contributed by atoms with van der Waals surface area (Å²) in [6.45, 7) is 5.75. The molecule has 2 aromatic rings. The predicted octanol–water partition coefficient (Wildman–Crippen LogP) is 2.89. The van der Waals surface area contributed by atoms with Gasteiger partial charge in [0.2, 0.25) is 11.8 Å². The first kappa shape index (κ1) is 30.1. The van der Waals surface area contributed by atoms with Gasteiger partial charge in [0.1, 0.15) is 22.1 Å². The van der Waals surface area contributed by atoms with E-state index in [0.29, 0.717) is 24.9 Å². The maximum atomic E-state index is 13.8. The number of sulfone groups is 1. The topological polar surface area (TPSA) is 149 Å². The molecule has 3 atom stereocenters. The molecule has 1 aliphatic rings. The summed E-state index contributed by atoms with van der Waals surface area (Å²) < 4.78 is 22.9. The van der Waals surface area contributed by atoms with Crippen LogP contribution in [0, 0.1) is 16.7 Å². The van der Waals surface area contributed by atoms with E-state index in [1.165, 1.54) is 4.90 Å². The summed E-state index contributed by atoms with van der Waals surface area (Å²) in [7, 11) is -3.71. The van der Waals surface area contributed by atoms with Crippen LogP contribution in [0.25, 0.3) is 10.9 Å². The molecule has 1 unspecified atom stereocenters. The summed E-state index contributed by atoms with van der Waals surface area (Å²) in [4.78, 5) is 45.9. The molecule has 0 aliphatic carbocycles. The zero-order valence-corrected chi connectivity index (χ0v) is 23.8. The van der Waals surface area contributed by atoms with Crippen LogP contribution in [0.5, 0.6) is 0 Å². The average Bonchev–Trinajstić information content (AvgIpc) is 3.35. The number of benzene rings is 1. The molecular formula is C27H32ClN5O5S. The lowest BCUT2D eigenvalue weighted by Crippen LogP contribution is -2.58. The quantitative estimate of drug-likeness (QED) is 0.493. The van der Waals surface area contributed by atoms with Crippen LogP contribution in [0.2, 0.25) is 0 Å². The third kappa shape index (κ3) is 7.55. The molecule has 1 aromatic heterocycles. The van der Waals surface area contributed by atoms with Crippen molar-refractivity contribution in [3.63, 3.8) is 0 Å². The zero-order chi connectivity index (χ0) is 29.0. The van der Waals surface area contributed by atoms with E-state index >= 15 is 0 Å². The van der Waals surface area contributed by atoms with E-state index in [0.717, 1.165) is 17.7 Å². The smallest absolute Gasteiger partial charge is 0.270 e. The number of amides is 3. The molecule has 10 nitrogen and oxygen atoms in total. The van der Waals surface area contributed by atoms with Crippen molar-refractivity contribution in [1.29, 1.82) is 5.26 Å². The number of hydrogen-bond acceptors (Lipinski definition) is 7. The molecule has 0 saturated carbocycles. The molecule has 2 N–H and O–H groups in total. The number of nitrogens with zero attached hydrogens (tertiary/aromatic N) is 3. The third-order valence-corrected chi connectivity index (χ3v) is 8.19. The Morgan fingerprint density at radius 2 is 1.90 bits per heavy atom. The number of carbonyl (C=O) groups excluding carboxylic acids is 3. The summed E-state index contributed by atoms with van der Waals surface area (Å²) in [6.07, 6.45) is 2.75. The predicted molar refractivity (Wildman–Crippen MR) is 148 cm³/mol. The summed E-state index contributed by atoms with van der Waals surface area (Å²) >= 11 is 5.84. The minimum absolute atomic E-state index is 0.167. The molecule has 0 spiro atoms. The van der Waals surface area contributed by atoms with Crippen LogP contribution in [0.15, 0.2) is 46.8 Å². The number of nitrogens with one attached hydrogen (secondary N) is 2. The van der Waals surface area contributed by atoms with Crippen LogP contribution < -0.4 is 10.6 Å². The Bertz CT molecular complexity index is 1440. The monoisotopic (exact) mass is 573 g/mol. The zero-order valence-electron chi connectivity index (χ0n) is 22.3. The standard InChI is InChI=1S/C27H32ClN5O5S/c1-27(2,3)23(32-24(34)20-12-11-17-8-5-6-9-19(17)31-20)26(36)33-15-7-10-21(33)25(35)30-18(13-14-29)16-22(28)39(4,37)38/h5-6,8-9,11-12,16,18,21,23H,7,10,13,15H2,1-4H3,(H,30,35)(H,32,34)/b22-16+/t18-,21+,23?/m0/s1. The number of carbonyl (C=O) groups is 3. The highest BCUT2D eigenvalue weighted by molar-refractivity contribution is 7.96. The SMILES string of the molecule is CC(C)(C)C(NC(=O)c1ccc2ccccc2n1)C(=O)N1CCC[C@@H]1C(=O)N[C@H](/C=C(\Cl)S(C)(=O)=O)CC#N. The summed E-state index contributed by atoms with van der Waals surface area (Å²) in [6, 6.07) is 9.88. The van der Waals surface area contributed by atoms with E-state index in [9.17, 15) is 22.8 Å². The number of pyridine rings is 1. The summed E-state index contributed by atoms with van der Waals surface area (Å²) in [5, 5.41) is 15.5. The molecule has 39 heavy (non-hydrogen) atoms. The number of fused-ring (bicyclic) bond motifs is 1. The molecule has 0 radical (unpaired) electrons. The lowest BCUT2D eigenvalue weighted by molar-refractivity contribution is -0.142. The lowest BCUT2D eigenvalue weighted by Gasteiger charge is -2.35. The Balaban J connectivity index is 1.80. The normalized spacial score (nSPS) is 17.8. The van der Waals surface area contributed by atoms with E-state index in [1.54, 1.807) is 18.2 Å². The number of hydrogen-bond donors (Lipinski definition) is 2. The number of aromatic nitrogens is 1. The van der Waals surface area contributed by atoms with E-state index < -0.39 is 55.5 Å². The molecular weight excluding hydrogens is 542 g/mol. The van der Waals surface area contributed by atoms with Gasteiger partial charge in [-0.15, -0.1) is 0 Å². The maximum Gasteiger partial charge on any atom is 0.270 e. The first-order chi connectivity index (χ1) is 18.2. The number of para-hydroxylation sites is 1. The van der Waals surface area contributed by atoms with Gasteiger partial charge in [-0.05, 0) is 36.5 Å². The highest BCUT2D eigenvalue weighted by Gasteiger charge is 2.42. The van der Waals surface area contributed by atoms with E-state index in [2.05, 4.69) is 15.6 Å². The van der Waals surface area contributed by atoms with E-state index in [-0.39, 0.29) is 12.1 Å². The summed E-state index contributed by atoms with van der Waals surface area (Å²) in [5.41, 5.74) is 0.125. The highest BCUT2D eigenvalue weighted by Crippen LogP contribution is 2.26. The molecule has 3 amide bonds. The highest BCUT2D eigenvalue weighted by atomic mass is 35.5. The molecule has 12 heteroatoms. The first-order valence-corrected chi connectivity index (χ1v) is 14.7. The van der Waals surface area contributed by atoms with Crippen molar-refractivity contribution in [2.75, 3.05) is 12.8 Å². The van der Waals surface area contributed by atoms with Gasteiger partial charge < -0.3 is 15.5 Å². The van der Waals surface area contributed by atoms with Crippen LogP contribution >= 0.6 is 11.6 Å². The largest absolute Gasteiger partial charge is 0.347 e. The second-order valence-corrected chi connectivity index (χ2v) is 13.2. The third-order valence-electron chi connectivity index (χ3n) is 6.38. The second kappa shape index (κ2) is 12.1. The van der Waals surface area contributed by atoms with Crippen molar-refractivity contribution < 1.29 is 22.8 Å². The minimum atomic E-state index is -3.71. The average molecular weight is 574 g/mol. The van der Waals surface area contributed by atoms with Gasteiger partial charge in [0.15, 0.2) is 9.84 Å². The van der Waals surface area contributed by atoms with Crippen molar-refractivity contribution in [1.82, 2.24) is 20.5 Å². The van der Waals surface area contributed by atoms with Crippen LogP contribution in [0.4, 0.5) is 0 Å². The van der Waals surface area contributed by atoms with Crippen molar-refractivity contribution in [3.05, 3.63) is 52.5 Å². The number of likely N-dealkylation sites (tertiary alicyclic amines) is 1. The summed E-state index contributed by atoms with van der Waals surface area (Å²) in [5.74, 6) is -1.47. The van der Waals surface area contributed by atoms with Gasteiger partial charge in [-0.25, -0.2) is 13.4 Å². The Hall–Kier alpha value is -3.49. The van der Waals surface area contributed by atoms with Crippen molar-refractivity contribution in [2.24, 2.45) is 5.41 Å². The number of rotatable bonds is 8. The Kier molecular flexibility index (Phi) is 9.35. The Morgan fingerprint density at radius 1 is 1.21 bits per heavy atom. The molecule has 208 valence electrons. The van der Waals surface area contributed by atoms with Crippen LogP contribution in [0.1, 0.15) is 50.5 Å². The molecule has 1 saturated heterocycles. The Labute approximate surface area is 233 Å². The molecule has 1 fully saturated rings. The fourth-order valence-electron chi connectivity index (χ4n) is 4.33. The van der Waals surface area contributed by atoms with Gasteiger partial charge in [-0.1, -0.05) is 56.6 Å². The molecule has 1 aliphatic heterocycles. The van der Waals surface area contributed by atoms with Gasteiger partial charge in [-0.2, -0.15) is 5.26 Å². The first-order valence-electron chi connectivity index (χ1n) is 12.4. The van der Waals surface area contributed by atoms with Gasteiger partial charge in [0.05, 0.1) is 24.0 Å². The molecule has 0 bridgehead atoms. The molecule has 1 aromatic carbocycles. The van der Waals surface area contributed by atoms with Gasteiger partial charge >= 0.3 is 0 Å². The fraction of sp³-hybridized carbons (Fsp3) is 0.444. The fourth-order valence-corrected chi connectivity index (χ4v) is 4.89. The van der Waals surface area contributed by atoms with E-state index in [1.807, 2.05) is 45.0 Å². The van der Waals surface area contributed by atoms with Gasteiger partial charge in [-0.3, -0.25) is 14.4 Å². The van der Waals surface area contributed by atoms with Crippen molar-refractivity contribution in [2.45, 2.75) is 58.2 Å². The van der Waals surface area contributed by atoms with E-state index in [4.69, 9.17) is 16.9 Å². The van der Waals surface area contributed by atoms with Crippen molar-refractivity contribution in [3.8, 4) is 6.07 Å². The van der Waals surface area contributed by atoms with Crippen molar-refractivity contribution >= 4 is 50.1 Å². The lowest BCUT2D eigenvalue weighted by atomic mass is 9.85. The van der Waals surface area contributed by atoms with Crippen LogP contribution in [-0.4, -0.2) is 66.9 Å². The number of halogens is 1. The van der Waals surface area contributed by atoms with Crippen LogP contribution in [0.3, 0.4) is 0 Å². The second-order valence-electron chi connectivity index (χ2n) is 10.6. The van der Waals surface area contributed by atoms with Crippen LogP contribution in [-0.2, 0) is 19.4 Å². The minimum Gasteiger partial charge on any atom is -0.347 e.